The molecule has 0 unspecified atom stereocenters. The molecule has 5 nitrogen and oxygen atoms in total. The number of nitrogens with zero attached hydrogens (tertiary/aromatic N) is 2. The van der Waals surface area contributed by atoms with Crippen molar-refractivity contribution in [2.45, 2.75) is 13.3 Å². The quantitative estimate of drug-likeness (QED) is 0.760. The lowest BCUT2D eigenvalue weighted by Gasteiger charge is -2.18. The third kappa shape index (κ3) is 2.96. The van der Waals surface area contributed by atoms with Crippen LogP contribution in [0, 0.1) is 6.92 Å². The minimum Gasteiger partial charge on any atom is -0.336 e. The summed E-state index contributed by atoms with van der Waals surface area (Å²) in [5.74, 6) is 0.0306. The first kappa shape index (κ1) is 13.0. The van der Waals surface area contributed by atoms with E-state index in [2.05, 4.69) is 15.5 Å². The molecule has 90 valence electrons. The highest BCUT2D eigenvalue weighted by Crippen LogP contribution is 2.05. The van der Waals surface area contributed by atoms with Crippen LogP contribution in [-0.2, 0) is 0 Å². The first-order valence-corrected chi connectivity index (χ1v) is 5.29. The van der Waals surface area contributed by atoms with Gasteiger partial charge >= 0.3 is 0 Å². The zero-order valence-electron chi connectivity index (χ0n) is 9.32. The Kier molecular flexibility index (Phi) is 4.76. The molecule has 1 amide bonds. The lowest BCUT2D eigenvalue weighted by molar-refractivity contribution is 0.0760. The average Bonchev–Trinajstić information content (AvgIpc) is 2.53. The maximum Gasteiger partial charge on any atom is 0.274 e. The summed E-state index contributed by atoms with van der Waals surface area (Å²) in [6.07, 6.45) is 1.01. The van der Waals surface area contributed by atoms with Gasteiger partial charge in [0.25, 0.3) is 5.91 Å². The van der Waals surface area contributed by atoms with Gasteiger partial charge in [0, 0.05) is 25.3 Å². The van der Waals surface area contributed by atoms with Crippen molar-refractivity contribution in [1.29, 1.82) is 0 Å². The first-order valence-electron chi connectivity index (χ1n) is 5.29. The predicted octanol–water partition coefficient (Wildman–Crippen LogP) is 0.575. The van der Waals surface area contributed by atoms with E-state index < -0.39 is 0 Å². The molecule has 1 saturated heterocycles. The van der Waals surface area contributed by atoms with Gasteiger partial charge in [-0.1, -0.05) is 0 Å². The lowest BCUT2D eigenvalue weighted by atomic mass is 10.3. The molecule has 0 saturated carbocycles. The summed E-state index contributed by atoms with van der Waals surface area (Å²) in [5.41, 5.74) is 1.45. The van der Waals surface area contributed by atoms with Gasteiger partial charge in [0.05, 0.1) is 0 Å². The Hall–Kier alpha value is -1.07. The summed E-state index contributed by atoms with van der Waals surface area (Å²) in [5, 5.41) is 10.0. The number of halogens is 1. The minimum absolute atomic E-state index is 0. The molecule has 0 aliphatic carbocycles. The molecule has 0 radical (unpaired) electrons. The summed E-state index contributed by atoms with van der Waals surface area (Å²) in [4.78, 5) is 13.8. The lowest BCUT2D eigenvalue weighted by Crippen LogP contribution is -2.34. The molecule has 1 fully saturated rings. The Morgan fingerprint density at radius 3 is 2.94 bits per heavy atom. The van der Waals surface area contributed by atoms with E-state index in [4.69, 9.17) is 0 Å². The van der Waals surface area contributed by atoms with E-state index in [0.29, 0.717) is 5.69 Å². The van der Waals surface area contributed by atoms with Crippen LogP contribution in [0.15, 0.2) is 6.07 Å². The second-order valence-electron chi connectivity index (χ2n) is 3.83. The van der Waals surface area contributed by atoms with Crippen molar-refractivity contribution in [3.63, 3.8) is 0 Å². The van der Waals surface area contributed by atoms with Crippen LogP contribution in [0.1, 0.15) is 22.6 Å². The van der Waals surface area contributed by atoms with Crippen LogP contribution in [0.5, 0.6) is 0 Å². The Morgan fingerprint density at radius 2 is 2.25 bits per heavy atom. The van der Waals surface area contributed by atoms with E-state index in [1.807, 2.05) is 11.8 Å². The molecule has 1 aromatic heterocycles. The molecule has 2 rings (SSSR count). The fourth-order valence-corrected chi connectivity index (χ4v) is 1.74. The largest absolute Gasteiger partial charge is 0.336 e. The zero-order valence-corrected chi connectivity index (χ0v) is 10.1. The van der Waals surface area contributed by atoms with E-state index in [9.17, 15) is 4.79 Å². The molecular weight excluding hydrogens is 228 g/mol. The molecule has 2 heterocycles. The molecule has 16 heavy (non-hydrogen) atoms. The van der Waals surface area contributed by atoms with Gasteiger partial charge in [-0.05, 0) is 26.0 Å². The maximum absolute atomic E-state index is 12.0. The monoisotopic (exact) mass is 244 g/mol. The van der Waals surface area contributed by atoms with Gasteiger partial charge in [-0.2, -0.15) is 5.10 Å². The van der Waals surface area contributed by atoms with Crippen LogP contribution in [-0.4, -0.2) is 47.2 Å². The zero-order chi connectivity index (χ0) is 10.7. The molecule has 0 aromatic carbocycles. The Balaban J connectivity index is 0.00000128. The van der Waals surface area contributed by atoms with E-state index >= 15 is 0 Å². The Labute approximate surface area is 101 Å². The van der Waals surface area contributed by atoms with Gasteiger partial charge < -0.3 is 10.2 Å². The van der Waals surface area contributed by atoms with E-state index in [1.165, 1.54) is 0 Å². The highest BCUT2D eigenvalue weighted by Gasteiger charge is 2.18. The minimum atomic E-state index is 0. The fourth-order valence-electron chi connectivity index (χ4n) is 1.74. The summed E-state index contributed by atoms with van der Waals surface area (Å²) < 4.78 is 0. The van der Waals surface area contributed by atoms with Gasteiger partial charge in [-0.3, -0.25) is 9.89 Å². The third-order valence-corrected chi connectivity index (χ3v) is 2.55. The van der Waals surface area contributed by atoms with Crippen LogP contribution >= 0.6 is 12.4 Å². The predicted molar refractivity (Wildman–Crippen MR) is 64.0 cm³/mol. The fraction of sp³-hybridized carbons (Fsp3) is 0.600. The van der Waals surface area contributed by atoms with Gasteiger partial charge in [0.15, 0.2) is 0 Å². The van der Waals surface area contributed by atoms with Crippen LogP contribution in [0.4, 0.5) is 0 Å². The smallest absolute Gasteiger partial charge is 0.274 e. The molecule has 1 aliphatic rings. The highest BCUT2D eigenvalue weighted by atomic mass is 35.5. The number of carbonyl (C=O) groups excluding carboxylic acids is 1. The van der Waals surface area contributed by atoms with Crippen LogP contribution in [0.2, 0.25) is 0 Å². The number of amides is 1. The molecule has 6 heteroatoms. The Bertz CT molecular complexity index is 344. The number of aryl methyl sites for hydroxylation is 1. The molecular formula is C10H17ClN4O. The number of hydrogen-bond donors (Lipinski definition) is 2. The molecule has 2 N–H and O–H groups in total. The second-order valence-corrected chi connectivity index (χ2v) is 3.83. The summed E-state index contributed by atoms with van der Waals surface area (Å²) >= 11 is 0. The van der Waals surface area contributed by atoms with Crippen molar-refractivity contribution < 1.29 is 4.79 Å². The number of aromatic nitrogens is 2. The molecule has 1 aliphatic heterocycles. The van der Waals surface area contributed by atoms with Crippen molar-refractivity contribution in [2.24, 2.45) is 0 Å². The summed E-state index contributed by atoms with van der Waals surface area (Å²) in [6.45, 7) is 5.34. The summed E-state index contributed by atoms with van der Waals surface area (Å²) in [6, 6.07) is 1.79. The van der Waals surface area contributed by atoms with Gasteiger partial charge in [-0.15, -0.1) is 12.4 Å². The van der Waals surface area contributed by atoms with Crippen molar-refractivity contribution in [1.82, 2.24) is 20.4 Å². The second kappa shape index (κ2) is 5.86. The van der Waals surface area contributed by atoms with E-state index in [1.54, 1.807) is 6.07 Å². The van der Waals surface area contributed by atoms with Gasteiger partial charge in [0.2, 0.25) is 0 Å². The number of aromatic amines is 1. The van der Waals surface area contributed by atoms with Crippen molar-refractivity contribution >= 4 is 18.3 Å². The summed E-state index contributed by atoms with van der Waals surface area (Å²) in [7, 11) is 0. The normalized spacial score (nSPS) is 16.4. The number of hydrogen-bond acceptors (Lipinski definition) is 3. The first-order chi connectivity index (χ1) is 7.27. The SMILES string of the molecule is Cc1cc(C(=O)N2CCCNCC2)n[nH]1.Cl. The van der Waals surface area contributed by atoms with E-state index in [-0.39, 0.29) is 18.3 Å². The van der Waals surface area contributed by atoms with E-state index in [0.717, 1.165) is 38.3 Å². The average molecular weight is 245 g/mol. The third-order valence-electron chi connectivity index (χ3n) is 2.55. The van der Waals surface area contributed by atoms with Crippen LogP contribution < -0.4 is 5.32 Å². The number of nitrogens with one attached hydrogen (secondary N) is 2. The van der Waals surface area contributed by atoms with Crippen molar-refractivity contribution in [2.75, 3.05) is 26.2 Å². The van der Waals surface area contributed by atoms with Crippen molar-refractivity contribution in [3.05, 3.63) is 17.5 Å². The molecule has 0 atom stereocenters. The maximum atomic E-state index is 12.0. The highest BCUT2D eigenvalue weighted by molar-refractivity contribution is 5.92. The van der Waals surface area contributed by atoms with Gasteiger partial charge in [-0.25, -0.2) is 0 Å². The molecule has 0 bridgehead atoms. The topological polar surface area (TPSA) is 61.0 Å². The van der Waals surface area contributed by atoms with Crippen LogP contribution in [0.25, 0.3) is 0 Å². The standard InChI is InChI=1S/C10H16N4O.ClH/c1-8-7-9(13-12-8)10(15)14-5-2-3-11-4-6-14;/h7,11H,2-6H2,1H3,(H,12,13);1H. The number of rotatable bonds is 1. The van der Waals surface area contributed by atoms with Crippen LogP contribution in [0.3, 0.4) is 0 Å². The van der Waals surface area contributed by atoms with Crippen molar-refractivity contribution in [3.8, 4) is 0 Å². The van der Waals surface area contributed by atoms with Gasteiger partial charge in [0.1, 0.15) is 5.69 Å². The molecule has 0 spiro atoms. The number of carbonyl (C=O) groups is 1. The Morgan fingerprint density at radius 1 is 1.44 bits per heavy atom. The molecule has 1 aromatic rings. The number of H-pyrrole nitrogens is 1.